The molecule has 2 atom stereocenters. The summed E-state index contributed by atoms with van der Waals surface area (Å²) in [6.45, 7) is 3.51. The molecule has 0 aliphatic rings. The molecule has 2 unspecified atom stereocenters. The maximum Gasteiger partial charge on any atom is 0.254 e. The number of rotatable bonds is 4. The average molecular weight is 242 g/mol. The lowest BCUT2D eigenvalue weighted by atomic mass is 10.1. The number of hydrogen-bond donors (Lipinski definition) is 1. The standard InChI is InChI=1S/C14H14N2O2/c1-4-11(3)18-13(9-15)16-14(17)12-7-5-6-10(2)8-12/h1,5-8,11,13H,2-3H3,(H,16,17). The zero-order chi connectivity index (χ0) is 13.5. The van der Waals surface area contributed by atoms with Crippen LogP contribution in [-0.4, -0.2) is 18.2 Å². The Labute approximate surface area is 107 Å². The lowest BCUT2D eigenvalue weighted by molar-refractivity contribution is 0.0376. The molecule has 4 nitrogen and oxygen atoms in total. The number of nitriles is 1. The van der Waals surface area contributed by atoms with Crippen molar-refractivity contribution in [2.75, 3.05) is 0 Å². The van der Waals surface area contributed by atoms with Gasteiger partial charge >= 0.3 is 0 Å². The Morgan fingerprint density at radius 3 is 2.83 bits per heavy atom. The smallest absolute Gasteiger partial charge is 0.254 e. The van der Waals surface area contributed by atoms with Gasteiger partial charge in [-0.05, 0) is 26.0 Å². The van der Waals surface area contributed by atoms with Gasteiger partial charge < -0.3 is 10.1 Å². The molecule has 0 radical (unpaired) electrons. The minimum atomic E-state index is -1.05. The molecule has 18 heavy (non-hydrogen) atoms. The number of nitrogens with zero attached hydrogens (tertiary/aromatic N) is 1. The lowest BCUT2D eigenvalue weighted by Gasteiger charge is -2.14. The van der Waals surface area contributed by atoms with E-state index in [4.69, 9.17) is 16.4 Å². The minimum absolute atomic E-state index is 0.366. The third kappa shape index (κ3) is 3.93. The molecular weight excluding hydrogens is 228 g/mol. The van der Waals surface area contributed by atoms with E-state index in [1.54, 1.807) is 25.1 Å². The molecule has 1 aromatic carbocycles. The Morgan fingerprint density at radius 2 is 2.28 bits per heavy atom. The number of carbonyl (C=O) groups is 1. The van der Waals surface area contributed by atoms with E-state index in [0.717, 1.165) is 5.56 Å². The molecule has 1 rings (SSSR count). The van der Waals surface area contributed by atoms with Gasteiger partial charge in [0.25, 0.3) is 5.91 Å². The zero-order valence-corrected chi connectivity index (χ0v) is 10.3. The second-order valence-electron chi connectivity index (χ2n) is 3.80. The monoisotopic (exact) mass is 242 g/mol. The number of carbonyl (C=O) groups excluding carboxylic acids is 1. The molecular formula is C14H14N2O2. The highest BCUT2D eigenvalue weighted by atomic mass is 16.5. The van der Waals surface area contributed by atoms with Crippen LogP contribution in [0.2, 0.25) is 0 Å². The number of amides is 1. The summed E-state index contributed by atoms with van der Waals surface area (Å²) in [5.74, 6) is 1.96. The van der Waals surface area contributed by atoms with Crippen molar-refractivity contribution in [1.29, 1.82) is 5.26 Å². The first-order chi connectivity index (χ1) is 8.56. The summed E-state index contributed by atoms with van der Waals surface area (Å²) < 4.78 is 5.14. The Balaban J connectivity index is 2.69. The molecule has 0 aromatic heterocycles. The van der Waals surface area contributed by atoms with E-state index in [9.17, 15) is 4.79 Å². The lowest BCUT2D eigenvalue weighted by Crippen LogP contribution is -2.37. The Hall–Kier alpha value is -2.30. The number of terminal acetylenes is 1. The van der Waals surface area contributed by atoms with Crippen molar-refractivity contribution in [3.63, 3.8) is 0 Å². The molecule has 4 heteroatoms. The summed E-state index contributed by atoms with van der Waals surface area (Å²) in [6.07, 6.45) is 3.55. The van der Waals surface area contributed by atoms with Crippen LogP contribution in [-0.2, 0) is 4.74 Å². The largest absolute Gasteiger partial charge is 0.329 e. The SMILES string of the molecule is C#CC(C)OC(C#N)NC(=O)c1cccc(C)c1. The van der Waals surface area contributed by atoms with Crippen molar-refractivity contribution in [2.24, 2.45) is 0 Å². The van der Waals surface area contributed by atoms with Crippen LogP contribution in [0.3, 0.4) is 0 Å². The summed E-state index contributed by atoms with van der Waals surface area (Å²) >= 11 is 0. The molecule has 0 saturated heterocycles. The summed E-state index contributed by atoms with van der Waals surface area (Å²) in [4.78, 5) is 11.8. The van der Waals surface area contributed by atoms with Gasteiger partial charge in [0.05, 0.1) is 0 Å². The summed E-state index contributed by atoms with van der Waals surface area (Å²) in [6, 6.07) is 8.89. The van der Waals surface area contributed by atoms with E-state index in [1.165, 1.54) is 0 Å². The van der Waals surface area contributed by atoms with Gasteiger partial charge in [-0.2, -0.15) is 5.26 Å². The summed E-state index contributed by atoms with van der Waals surface area (Å²) in [7, 11) is 0. The van der Waals surface area contributed by atoms with E-state index in [1.807, 2.05) is 19.1 Å². The second-order valence-corrected chi connectivity index (χ2v) is 3.80. The van der Waals surface area contributed by atoms with Gasteiger partial charge in [0.2, 0.25) is 6.23 Å². The number of ether oxygens (including phenoxy) is 1. The van der Waals surface area contributed by atoms with Crippen LogP contribution in [0.15, 0.2) is 24.3 Å². The average Bonchev–Trinajstić information content (AvgIpc) is 2.37. The highest BCUT2D eigenvalue weighted by molar-refractivity contribution is 5.94. The quantitative estimate of drug-likeness (QED) is 0.644. The number of nitrogens with one attached hydrogen (secondary N) is 1. The fourth-order valence-corrected chi connectivity index (χ4v) is 1.33. The number of hydrogen-bond acceptors (Lipinski definition) is 3. The van der Waals surface area contributed by atoms with Gasteiger partial charge in [-0.1, -0.05) is 23.6 Å². The summed E-state index contributed by atoms with van der Waals surface area (Å²) in [5.41, 5.74) is 1.45. The molecule has 0 bridgehead atoms. The maximum absolute atomic E-state index is 11.8. The highest BCUT2D eigenvalue weighted by Crippen LogP contribution is 2.04. The van der Waals surface area contributed by atoms with E-state index in [2.05, 4.69) is 11.2 Å². The molecule has 0 spiro atoms. The fourth-order valence-electron chi connectivity index (χ4n) is 1.33. The van der Waals surface area contributed by atoms with Crippen LogP contribution in [0, 0.1) is 30.6 Å². The van der Waals surface area contributed by atoms with Gasteiger partial charge in [-0.15, -0.1) is 6.42 Å². The molecule has 1 amide bonds. The van der Waals surface area contributed by atoms with Crippen LogP contribution in [0.1, 0.15) is 22.8 Å². The summed E-state index contributed by atoms with van der Waals surface area (Å²) in [5, 5.41) is 11.3. The number of aryl methyl sites for hydroxylation is 1. The Morgan fingerprint density at radius 1 is 1.56 bits per heavy atom. The van der Waals surface area contributed by atoms with Gasteiger partial charge in [0.1, 0.15) is 12.2 Å². The maximum atomic E-state index is 11.8. The van der Waals surface area contributed by atoms with E-state index in [0.29, 0.717) is 5.56 Å². The van der Waals surface area contributed by atoms with Crippen molar-refractivity contribution in [3.8, 4) is 18.4 Å². The first-order valence-electron chi connectivity index (χ1n) is 5.45. The van der Waals surface area contributed by atoms with Crippen LogP contribution in [0.25, 0.3) is 0 Å². The zero-order valence-electron chi connectivity index (χ0n) is 10.3. The molecule has 0 saturated carbocycles. The highest BCUT2D eigenvalue weighted by Gasteiger charge is 2.15. The Bertz CT molecular complexity index is 511. The molecule has 0 aliphatic carbocycles. The normalized spacial score (nSPS) is 12.9. The number of benzene rings is 1. The molecule has 92 valence electrons. The van der Waals surface area contributed by atoms with Crippen LogP contribution in [0.5, 0.6) is 0 Å². The van der Waals surface area contributed by atoms with Gasteiger partial charge in [-0.25, -0.2) is 0 Å². The molecule has 1 aromatic rings. The van der Waals surface area contributed by atoms with Crippen molar-refractivity contribution in [2.45, 2.75) is 26.2 Å². The van der Waals surface area contributed by atoms with Crippen molar-refractivity contribution in [1.82, 2.24) is 5.32 Å². The van der Waals surface area contributed by atoms with Gasteiger partial charge in [0, 0.05) is 5.56 Å². The Kier molecular flexibility index (Phi) is 4.92. The molecule has 0 heterocycles. The fraction of sp³-hybridized carbons (Fsp3) is 0.286. The third-order valence-corrected chi connectivity index (χ3v) is 2.23. The molecule has 0 fully saturated rings. The van der Waals surface area contributed by atoms with E-state index < -0.39 is 12.3 Å². The van der Waals surface area contributed by atoms with Crippen molar-refractivity contribution < 1.29 is 9.53 Å². The first kappa shape index (κ1) is 13.8. The molecule has 0 aliphatic heterocycles. The third-order valence-electron chi connectivity index (χ3n) is 2.23. The van der Waals surface area contributed by atoms with E-state index >= 15 is 0 Å². The molecule has 1 N–H and O–H groups in total. The topological polar surface area (TPSA) is 62.1 Å². The van der Waals surface area contributed by atoms with Gasteiger partial charge in [-0.3, -0.25) is 4.79 Å². The van der Waals surface area contributed by atoms with Crippen LogP contribution < -0.4 is 5.32 Å². The first-order valence-corrected chi connectivity index (χ1v) is 5.45. The van der Waals surface area contributed by atoms with Crippen molar-refractivity contribution >= 4 is 5.91 Å². The van der Waals surface area contributed by atoms with Crippen molar-refractivity contribution in [3.05, 3.63) is 35.4 Å². The van der Waals surface area contributed by atoms with Gasteiger partial charge in [0.15, 0.2) is 0 Å². The van der Waals surface area contributed by atoms with Crippen LogP contribution >= 0.6 is 0 Å². The van der Waals surface area contributed by atoms with E-state index in [-0.39, 0.29) is 5.91 Å². The predicted octanol–water partition coefficient (Wildman–Crippen LogP) is 1.61. The second kappa shape index (κ2) is 6.44. The minimum Gasteiger partial charge on any atom is -0.329 e. The van der Waals surface area contributed by atoms with Crippen LogP contribution in [0.4, 0.5) is 0 Å². The predicted molar refractivity (Wildman–Crippen MR) is 67.4 cm³/mol.